The Morgan fingerprint density at radius 1 is 1.26 bits per heavy atom. The zero-order valence-corrected chi connectivity index (χ0v) is 12.8. The fourth-order valence-electron chi connectivity index (χ4n) is 2.98. The van der Waals surface area contributed by atoms with Crippen LogP contribution >= 0.6 is 15.9 Å². The number of hydrogen-bond donors (Lipinski definition) is 1. The van der Waals surface area contributed by atoms with Crippen LogP contribution in [0.3, 0.4) is 0 Å². The molecule has 1 aromatic carbocycles. The molecule has 0 aliphatic heterocycles. The van der Waals surface area contributed by atoms with Crippen LogP contribution in [-0.2, 0) is 6.54 Å². The van der Waals surface area contributed by atoms with Crippen molar-refractivity contribution in [1.82, 2.24) is 10.3 Å². The summed E-state index contributed by atoms with van der Waals surface area (Å²) in [5.74, 6) is 0. The predicted octanol–water partition coefficient (Wildman–Crippen LogP) is 4.42. The van der Waals surface area contributed by atoms with Crippen LogP contribution < -0.4 is 5.32 Å². The van der Waals surface area contributed by atoms with E-state index in [0.29, 0.717) is 5.54 Å². The summed E-state index contributed by atoms with van der Waals surface area (Å²) >= 11 is 3.60. The van der Waals surface area contributed by atoms with Gasteiger partial charge in [0.15, 0.2) is 0 Å². The first-order valence-electron chi connectivity index (χ1n) is 6.95. The quantitative estimate of drug-likeness (QED) is 0.906. The van der Waals surface area contributed by atoms with Crippen molar-refractivity contribution in [1.29, 1.82) is 0 Å². The molecule has 0 amide bonds. The number of nitrogens with one attached hydrogen (secondary N) is 1. The highest BCUT2D eigenvalue weighted by Gasteiger charge is 2.27. The Morgan fingerprint density at radius 2 is 2.05 bits per heavy atom. The molecule has 1 aliphatic rings. The molecule has 19 heavy (non-hydrogen) atoms. The molecule has 0 bridgehead atoms. The van der Waals surface area contributed by atoms with E-state index >= 15 is 0 Å². The van der Waals surface area contributed by atoms with Gasteiger partial charge in [-0.3, -0.25) is 4.98 Å². The summed E-state index contributed by atoms with van der Waals surface area (Å²) in [6, 6.07) is 8.40. The summed E-state index contributed by atoms with van der Waals surface area (Å²) in [7, 11) is 0. The third-order valence-corrected chi connectivity index (χ3v) is 4.90. The van der Waals surface area contributed by atoms with E-state index in [1.165, 1.54) is 36.6 Å². The molecule has 0 atom stereocenters. The number of rotatable bonds is 3. The molecule has 0 spiro atoms. The molecule has 1 heterocycles. The van der Waals surface area contributed by atoms with E-state index in [-0.39, 0.29) is 0 Å². The van der Waals surface area contributed by atoms with Gasteiger partial charge in [-0.05, 0) is 37.5 Å². The van der Waals surface area contributed by atoms with E-state index in [0.717, 1.165) is 16.5 Å². The lowest BCUT2D eigenvalue weighted by molar-refractivity contribution is 0.363. The van der Waals surface area contributed by atoms with Crippen molar-refractivity contribution < 1.29 is 0 Å². The first-order chi connectivity index (χ1) is 9.18. The Hall–Kier alpha value is -0.930. The molecular formula is C16H19BrN2. The number of aromatic nitrogens is 1. The maximum absolute atomic E-state index is 4.54. The van der Waals surface area contributed by atoms with Gasteiger partial charge in [0.05, 0.1) is 5.52 Å². The topological polar surface area (TPSA) is 24.9 Å². The highest BCUT2D eigenvalue weighted by atomic mass is 79.9. The smallest absolute Gasteiger partial charge is 0.0758 e. The van der Waals surface area contributed by atoms with E-state index in [4.69, 9.17) is 0 Å². The Bertz CT molecular complexity index is 588. The van der Waals surface area contributed by atoms with Crippen LogP contribution in [0, 0.1) is 0 Å². The highest BCUT2D eigenvalue weighted by Crippen LogP contribution is 2.30. The summed E-state index contributed by atoms with van der Waals surface area (Å²) in [5, 5.41) is 4.92. The molecule has 3 heteroatoms. The molecule has 1 aromatic heterocycles. The fraction of sp³-hybridized carbons (Fsp3) is 0.438. The normalized spacial score (nSPS) is 18.0. The van der Waals surface area contributed by atoms with Crippen molar-refractivity contribution in [2.24, 2.45) is 0 Å². The van der Waals surface area contributed by atoms with Crippen molar-refractivity contribution in [3.63, 3.8) is 0 Å². The molecule has 3 rings (SSSR count). The van der Waals surface area contributed by atoms with E-state index in [1.807, 2.05) is 12.3 Å². The van der Waals surface area contributed by atoms with Crippen molar-refractivity contribution in [3.8, 4) is 0 Å². The Labute approximate surface area is 122 Å². The molecule has 0 saturated heterocycles. The first-order valence-corrected chi connectivity index (χ1v) is 7.74. The van der Waals surface area contributed by atoms with Crippen molar-refractivity contribution in [2.75, 3.05) is 0 Å². The highest BCUT2D eigenvalue weighted by molar-refractivity contribution is 9.10. The Morgan fingerprint density at radius 3 is 2.84 bits per heavy atom. The van der Waals surface area contributed by atoms with Gasteiger partial charge >= 0.3 is 0 Å². The van der Waals surface area contributed by atoms with Crippen LogP contribution in [0.4, 0.5) is 0 Å². The molecule has 2 aromatic rings. The third kappa shape index (κ3) is 2.67. The van der Waals surface area contributed by atoms with E-state index in [2.05, 4.69) is 51.4 Å². The van der Waals surface area contributed by atoms with Gasteiger partial charge in [-0.1, -0.05) is 40.9 Å². The summed E-state index contributed by atoms with van der Waals surface area (Å²) in [5.41, 5.74) is 2.70. The van der Waals surface area contributed by atoms with Gasteiger partial charge < -0.3 is 5.32 Å². The second kappa shape index (κ2) is 5.22. The molecule has 0 radical (unpaired) electrons. The minimum atomic E-state index is 0.314. The lowest BCUT2D eigenvalue weighted by Gasteiger charge is -2.25. The average Bonchev–Trinajstić information content (AvgIpc) is 2.86. The van der Waals surface area contributed by atoms with Gasteiger partial charge in [-0.25, -0.2) is 0 Å². The minimum absolute atomic E-state index is 0.314. The number of fused-ring (bicyclic) bond motifs is 1. The molecule has 1 saturated carbocycles. The van der Waals surface area contributed by atoms with Crippen molar-refractivity contribution in [3.05, 3.63) is 40.5 Å². The molecule has 100 valence electrons. The number of benzene rings is 1. The molecular weight excluding hydrogens is 300 g/mol. The third-order valence-electron chi connectivity index (χ3n) is 4.21. The van der Waals surface area contributed by atoms with Crippen LogP contribution in [0.15, 0.2) is 34.9 Å². The average molecular weight is 319 g/mol. The molecule has 0 unspecified atom stereocenters. The van der Waals surface area contributed by atoms with Gasteiger partial charge in [-0.15, -0.1) is 0 Å². The zero-order valence-electron chi connectivity index (χ0n) is 11.2. The lowest BCUT2D eigenvalue weighted by Crippen LogP contribution is -2.38. The van der Waals surface area contributed by atoms with Crippen LogP contribution in [0.1, 0.15) is 38.2 Å². The van der Waals surface area contributed by atoms with Crippen molar-refractivity contribution >= 4 is 26.8 Å². The standard InChI is InChI=1S/C16H19BrN2/c1-16(8-2-3-9-16)19-11-12-6-7-14(17)13-5-4-10-18-15(12)13/h4-7,10,19H,2-3,8-9,11H2,1H3. The monoisotopic (exact) mass is 318 g/mol. The summed E-state index contributed by atoms with van der Waals surface area (Å²) in [6.45, 7) is 3.24. The molecule has 1 N–H and O–H groups in total. The van der Waals surface area contributed by atoms with E-state index in [9.17, 15) is 0 Å². The second-order valence-electron chi connectivity index (χ2n) is 5.73. The summed E-state index contributed by atoms with van der Waals surface area (Å²) in [6.07, 6.45) is 7.14. The SMILES string of the molecule is CC1(NCc2ccc(Br)c3cccnc23)CCCC1. The van der Waals surface area contributed by atoms with Crippen LogP contribution in [0.25, 0.3) is 10.9 Å². The summed E-state index contributed by atoms with van der Waals surface area (Å²) < 4.78 is 1.12. The number of nitrogens with zero attached hydrogens (tertiary/aromatic N) is 1. The van der Waals surface area contributed by atoms with Crippen LogP contribution in [-0.4, -0.2) is 10.5 Å². The number of hydrogen-bond acceptors (Lipinski definition) is 2. The minimum Gasteiger partial charge on any atom is -0.307 e. The molecule has 1 aliphatic carbocycles. The van der Waals surface area contributed by atoms with Gasteiger partial charge in [0.1, 0.15) is 0 Å². The maximum Gasteiger partial charge on any atom is 0.0758 e. The Balaban J connectivity index is 1.87. The summed E-state index contributed by atoms with van der Waals surface area (Å²) in [4.78, 5) is 4.54. The van der Waals surface area contributed by atoms with Gasteiger partial charge in [0.2, 0.25) is 0 Å². The fourth-order valence-corrected chi connectivity index (χ4v) is 3.43. The predicted molar refractivity (Wildman–Crippen MR) is 83.2 cm³/mol. The van der Waals surface area contributed by atoms with Crippen LogP contribution in [0.2, 0.25) is 0 Å². The Kier molecular flexibility index (Phi) is 3.59. The number of halogens is 1. The van der Waals surface area contributed by atoms with Gasteiger partial charge in [0, 0.05) is 28.1 Å². The molecule has 2 nitrogen and oxygen atoms in total. The number of pyridine rings is 1. The van der Waals surface area contributed by atoms with Crippen LogP contribution in [0.5, 0.6) is 0 Å². The van der Waals surface area contributed by atoms with E-state index < -0.39 is 0 Å². The van der Waals surface area contributed by atoms with Gasteiger partial charge in [0.25, 0.3) is 0 Å². The van der Waals surface area contributed by atoms with Gasteiger partial charge in [-0.2, -0.15) is 0 Å². The van der Waals surface area contributed by atoms with E-state index in [1.54, 1.807) is 0 Å². The largest absolute Gasteiger partial charge is 0.307 e. The van der Waals surface area contributed by atoms with Crippen molar-refractivity contribution in [2.45, 2.75) is 44.7 Å². The zero-order chi connectivity index (χ0) is 13.3. The second-order valence-corrected chi connectivity index (χ2v) is 6.58. The first kappa shape index (κ1) is 13.1. The molecule has 1 fully saturated rings. The lowest BCUT2D eigenvalue weighted by atomic mass is 10.00. The maximum atomic E-state index is 4.54.